The van der Waals surface area contributed by atoms with Crippen LogP contribution < -0.4 is 5.32 Å². The summed E-state index contributed by atoms with van der Waals surface area (Å²) in [7, 11) is 0. The number of unbranched alkanes of at least 4 members (excludes halogenated alkanes) is 2. The molecule has 0 spiro atoms. The number of carbonyl (C=O) groups excluding carboxylic acids is 1. The van der Waals surface area contributed by atoms with Crippen molar-refractivity contribution in [3.63, 3.8) is 0 Å². The molecule has 0 saturated carbocycles. The van der Waals surface area contributed by atoms with E-state index in [2.05, 4.69) is 5.32 Å². The first-order valence-electron chi connectivity index (χ1n) is 6.03. The van der Waals surface area contributed by atoms with Gasteiger partial charge in [-0.15, -0.1) is 0 Å². The Labute approximate surface area is 102 Å². The topological polar surface area (TPSA) is 62.5 Å². The fraction of sp³-hybridized carbons (Fsp3) is 0.615. The van der Waals surface area contributed by atoms with Crippen LogP contribution in [0.25, 0.3) is 0 Å². The molecule has 0 aliphatic heterocycles. The minimum atomic E-state index is -0.0687. The molecule has 1 heterocycles. The molecule has 96 valence electrons. The highest BCUT2D eigenvalue weighted by Crippen LogP contribution is 2.20. The molecule has 0 unspecified atom stereocenters. The first-order valence-corrected chi connectivity index (χ1v) is 6.03. The minimum absolute atomic E-state index is 0.0687. The zero-order chi connectivity index (χ0) is 12.8. The SMILES string of the molecule is Cc1oc(C)c(C(=O)NCCCCCO)c1C. The van der Waals surface area contributed by atoms with E-state index in [0.29, 0.717) is 17.9 Å². The Hall–Kier alpha value is -1.29. The highest BCUT2D eigenvalue weighted by Gasteiger charge is 2.17. The molecule has 0 aliphatic carbocycles. The average Bonchev–Trinajstić information content (AvgIpc) is 2.53. The molecule has 0 saturated heterocycles. The zero-order valence-electron chi connectivity index (χ0n) is 10.8. The largest absolute Gasteiger partial charge is 0.466 e. The summed E-state index contributed by atoms with van der Waals surface area (Å²) in [5, 5.41) is 11.5. The van der Waals surface area contributed by atoms with Crippen LogP contribution in [-0.4, -0.2) is 24.2 Å². The molecular formula is C13H21NO3. The highest BCUT2D eigenvalue weighted by atomic mass is 16.3. The van der Waals surface area contributed by atoms with Crippen LogP contribution in [0.4, 0.5) is 0 Å². The van der Waals surface area contributed by atoms with Gasteiger partial charge in [0.15, 0.2) is 0 Å². The third kappa shape index (κ3) is 3.60. The van der Waals surface area contributed by atoms with Gasteiger partial charge in [0, 0.05) is 18.7 Å². The van der Waals surface area contributed by atoms with Gasteiger partial charge in [-0.2, -0.15) is 0 Å². The van der Waals surface area contributed by atoms with Crippen LogP contribution in [0.1, 0.15) is 46.7 Å². The number of hydrogen-bond donors (Lipinski definition) is 2. The van der Waals surface area contributed by atoms with E-state index < -0.39 is 0 Å². The van der Waals surface area contributed by atoms with Crippen LogP contribution in [0.2, 0.25) is 0 Å². The zero-order valence-corrected chi connectivity index (χ0v) is 10.8. The lowest BCUT2D eigenvalue weighted by atomic mass is 10.1. The normalized spacial score (nSPS) is 10.6. The van der Waals surface area contributed by atoms with E-state index in [1.807, 2.05) is 13.8 Å². The second kappa shape index (κ2) is 6.45. The molecule has 1 amide bonds. The smallest absolute Gasteiger partial charge is 0.255 e. The van der Waals surface area contributed by atoms with Crippen molar-refractivity contribution < 1.29 is 14.3 Å². The number of rotatable bonds is 6. The minimum Gasteiger partial charge on any atom is -0.466 e. The predicted octanol–water partition coefficient (Wildman–Crippen LogP) is 2.10. The second-order valence-electron chi connectivity index (χ2n) is 4.25. The molecule has 1 aromatic heterocycles. The predicted molar refractivity (Wildman–Crippen MR) is 66.2 cm³/mol. The molecule has 4 heteroatoms. The molecule has 0 bridgehead atoms. The number of aliphatic hydroxyl groups excluding tert-OH is 1. The standard InChI is InChI=1S/C13H21NO3/c1-9-10(2)17-11(3)12(9)13(16)14-7-5-4-6-8-15/h15H,4-8H2,1-3H3,(H,14,16). The van der Waals surface area contributed by atoms with Gasteiger partial charge < -0.3 is 14.8 Å². The maximum absolute atomic E-state index is 11.9. The third-order valence-electron chi connectivity index (χ3n) is 2.91. The van der Waals surface area contributed by atoms with Crippen LogP contribution in [0.5, 0.6) is 0 Å². The fourth-order valence-electron chi connectivity index (χ4n) is 1.83. The molecule has 0 fully saturated rings. The first kappa shape index (κ1) is 13.8. The van der Waals surface area contributed by atoms with Gasteiger partial charge >= 0.3 is 0 Å². The third-order valence-corrected chi connectivity index (χ3v) is 2.91. The first-order chi connectivity index (χ1) is 8.07. The van der Waals surface area contributed by atoms with Crippen LogP contribution in [0.15, 0.2) is 4.42 Å². The number of aryl methyl sites for hydroxylation is 2. The van der Waals surface area contributed by atoms with Crippen LogP contribution in [0.3, 0.4) is 0 Å². The number of amides is 1. The summed E-state index contributed by atoms with van der Waals surface area (Å²) in [6, 6.07) is 0. The Morgan fingerprint density at radius 3 is 2.41 bits per heavy atom. The Kier molecular flexibility index (Phi) is 5.22. The highest BCUT2D eigenvalue weighted by molar-refractivity contribution is 5.96. The molecule has 0 atom stereocenters. The van der Waals surface area contributed by atoms with Gasteiger partial charge in [0.1, 0.15) is 11.5 Å². The number of carbonyl (C=O) groups is 1. The molecule has 17 heavy (non-hydrogen) atoms. The van der Waals surface area contributed by atoms with Crippen molar-refractivity contribution in [2.45, 2.75) is 40.0 Å². The van der Waals surface area contributed by atoms with Gasteiger partial charge in [-0.05, 0) is 40.0 Å². The Morgan fingerprint density at radius 2 is 1.88 bits per heavy atom. The number of nitrogens with one attached hydrogen (secondary N) is 1. The Morgan fingerprint density at radius 1 is 1.18 bits per heavy atom. The van der Waals surface area contributed by atoms with E-state index in [9.17, 15) is 4.79 Å². The lowest BCUT2D eigenvalue weighted by Gasteiger charge is -2.04. The Balaban J connectivity index is 2.47. The summed E-state index contributed by atoms with van der Waals surface area (Å²) < 4.78 is 5.42. The van der Waals surface area contributed by atoms with Crippen molar-refractivity contribution in [3.05, 3.63) is 22.6 Å². The molecule has 0 aliphatic rings. The van der Waals surface area contributed by atoms with Crippen LogP contribution in [-0.2, 0) is 0 Å². The lowest BCUT2D eigenvalue weighted by molar-refractivity contribution is 0.0951. The van der Waals surface area contributed by atoms with Gasteiger partial charge in [0.25, 0.3) is 5.91 Å². The Bertz CT molecular complexity index is 382. The van der Waals surface area contributed by atoms with Gasteiger partial charge in [0.05, 0.1) is 5.56 Å². The van der Waals surface area contributed by atoms with Crippen molar-refractivity contribution in [1.29, 1.82) is 0 Å². The molecule has 0 aromatic carbocycles. The molecule has 4 nitrogen and oxygen atoms in total. The summed E-state index contributed by atoms with van der Waals surface area (Å²) in [6.07, 6.45) is 2.61. The fourth-order valence-corrected chi connectivity index (χ4v) is 1.83. The van der Waals surface area contributed by atoms with Crippen LogP contribution >= 0.6 is 0 Å². The second-order valence-corrected chi connectivity index (χ2v) is 4.25. The van der Waals surface area contributed by atoms with Crippen molar-refractivity contribution in [2.24, 2.45) is 0 Å². The van der Waals surface area contributed by atoms with Gasteiger partial charge in [0.2, 0.25) is 0 Å². The maximum atomic E-state index is 11.9. The summed E-state index contributed by atoms with van der Waals surface area (Å²) in [4.78, 5) is 11.9. The quantitative estimate of drug-likeness (QED) is 0.747. The molecule has 2 N–H and O–H groups in total. The van der Waals surface area contributed by atoms with Gasteiger partial charge in [-0.25, -0.2) is 0 Å². The van der Waals surface area contributed by atoms with Crippen LogP contribution in [0, 0.1) is 20.8 Å². The van der Waals surface area contributed by atoms with E-state index in [1.165, 1.54) is 0 Å². The van der Waals surface area contributed by atoms with Gasteiger partial charge in [-0.1, -0.05) is 0 Å². The lowest BCUT2D eigenvalue weighted by Crippen LogP contribution is -2.25. The monoisotopic (exact) mass is 239 g/mol. The number of hydrogen-bond acceptors (Lipinski definition) is 3. The molecule has 1 aromatic rings. The number of furan rings is 1. The molecular weight excluding hydrogens is 218 g/mol. The van der Waals surface area contributed by atoms with E-state index in [4.69, 9.17) is 9.52 Å². The van der Waals surface area contributed by atoms with Crippen molar-refractivity contribution in [2.75, 3.05) is 13.2 Å². The molecule has 1 rings (SSSR count). The van der Waals surface area contributed by atoms with E-state index in [0.717, 1.165) is 30.6 Å². The summed E-state index contributed by atoms with van der Waals surface area (Å²) >= 11 is 0. The van der Waals surface area contributed by atoms with Gasteiger partial charge in [-0.3, -0.25) is 4.79 Å². The van der Waals surface area contributed by atoms with E-state index in [-0.39, 0.29) is 12.5 Å². The average molecular weight is 239 g/mol. The summed E-state index contributed by atoms with van der Waals surface area (Å²) in [5.74, 6) is 1.40. The maximum Gasteiger partial charge on any atom is 0.255 e. The summed E-state index contributed by atoms with van der Waals surface area (Å²) in [5.41, 5.74) is 1.57. The van der Waals surface area contributed by atoms with Crippen molar-refractivity contribution in [1.82, 2.24) is 5.32 Å². The van der Waals surface area contributed by atoms with Crippen molar-refractivity contribution in [3.8, 4) is 0 Å². The summed E-state index contributed by atoms with van der Waals surface area (Å²) in [6.45, 7) is 6.42. The van der Waals surface area contributed by atoms with Crippen molar-refractivity contribution >= 4 is 5.91 Å². The van der Waals surface area contributed by atoms with E-state index >= 15 is 0 Å². The number of aliphatic hydroxyl groups is 1. The molecule has 0 radical (unpaired) electrons. The van der Waals surface area contributed by atoms with E-state index in [1.54, 1.807) is 6.92 Å².